The lowest BCUT2D eigenvalue weighted by atomic mass is 10.1. The lowest BCUT2D eigenvalue weighted by Gasteiger charge is -2.11. The number of nitrogens with one attached hydrogen (secondary N) is 2. The Balaban J connectivity index is 2.63. The summed E-state index contributed by atoms with van der Waals surface area (Å²) in [5.41, 5.74) is 1.27. The largest absolute Gasteiger partial charge is 0.508 e. The lowest BCUT2D eigenvalue weighted by molar-refractivity contribution is 0.0950. The van der Waals surface area contributed by atoms with Gasteiger partial charge < -0.3 is 15.7 Å². The van der Waals surface area contributed by atoms with Gasteiger partial charge in [-0.1, -0.05) is 0 Å². The third-order valence-electron chi connectivity index (χ3n) is 2.52. The van der Waals surface area contributed by atoms with E-state index in [1.807, 2.05) is 14.0 Å². The normalized spacial score (nSPS) is 12.2. The van der Waals surface area contributed by atoms with E-state index in [-0.39, 0.29) is 17.7 Å². The first-order chi connectivity index (χ1) is 7.54. The fraction of sp³-hybridized carbons (Fsp3) is 0.417. The minimum absolute atomic E-state index is 0.120. The number of phenolic OH excluding ortho intramolecular Hbond substituents is 1. The summed E-state index contributed by atoms with van der Waals surface area (Å²) in [6, 6.07) is 5.06. The van der Waals surface area contributed by atoms with Gasteiger partial charge in [-0.15, -0.1) is 0 Å². The highest BCUT2D eigenvalue weighted by atomic mass is 16.3. The molecule has 16 heavy (non-hydrogen) atoms. The highest BCUT2D eigenvalue weighted by molar-refractivity contribution is 5.94. The maximum Gasteiger partial charge on any atom is 0.251 e. The maximum atomic E-state index is 11.7. The number of likely N-dealkylation sites (N-methyl/N-ethyl adjacent to an activating group) is 1. The Morgan fingerprint density at radius 2 is 2.19 bits per heavy atom. The van der Waals surface area contributed by atoms with E-state index in [9.17, 15) is 9.90 Å². The van der Waals surface area contributed by atoms with Crippen molar-refractivity contribution in [3.63, 3.8) is 0 Å². The number of rotatable bonds is 4. The van der Waals surface area contributed by atoms with Crippen LogP contribution in [-0.4, -0.2) is 30.6 Å². The predicted molar refractivity (Wildman–Crippen MR) is 63.7 cm³/mol. The van der Waals surface area contributed by atoms with Crippen molar-refractivity contribution in [1.82, 2.24) is 10.6 Å². The minimum Gasteiger partial charge on any atom is -0.508 e. The zero-order chi connectivity index (χ0) is 12.1. The number of aromatic hydroxyl groups is 1. The zero-order valence-corrected chi connectivity index (χ0v) is 9.87. The van der Waals surface area contributed by atoms with Gasteiger partial charge in [-0.05, 0) is 44.7 Å². The third-order valence-corrected chi connectivity index (χ3v) is 2.52. The number of amides is 1. The summed E-state index contributed by atoms with van der Waals surface area (Å²) in [4.78, 5) is 11.7. The number of carbonyl (C=O) groups is 1. The van der Waals surface area contributed by atoms with Crippen LogP contribution < -0.4 is 10.6 Å². The molecule has 0 aliphatic heterocycles. The molecule has 4 nitrogen and oxygen atoms in total. The molecule has 0 bridgehead atoms. The number of aryl methyl sites for hydroxylation is 1. The molecule has 3 N–H and O–H groups in total. The van der Waals surface area contributed by atoms with Gasteiger partial charge in [-0.2, -0.15) is 0 Å². The Morgan fingerprint density at radius 1 is 1.50 bits per heavy atom. The Kier molecular flexibility index (Phi) is 4.31. The molecular weight excluding hydrogens is 204 g/mol. The van der Waals surface area contributed by atoms with Gasteiger partial charge in [0.25, 0.3) is 5.91 Å². The maximum absolute atomic E-state index is 11.7. The van der Waals surface area contributed by atoms with Crippen molar-refractivity contribution < 1.29 is 9.90 Å². The van der Waals surface area contributed by atoms with Crippen molar-refractivity contribution in [3.8, 4) is 5.75 Å². The second-order valence-electron chi connectivity index (χ2n) is 3.90. The third kappa shape index (κ3) is 3.24. The van der Waals surface area contributed by atoms with Crippen LogP contribution in [0.1, 0.15) is 22.8 Å². The first kappa shape index (κ1) is 12.5. The van der Waals surface area contributed by atoms with E-state index in [1.165, 1.54) is 6.07 Å². The van der Waals surface area contributed by atoms with Crippen molar-refractivity contribution in [1.29, 1.82) is 0 Å². The van der Waals surface area contributed by atoms with Crippen LogP contribution in [0.3, 0.4) is 0 Å². The SMILES string of the molecule is CNC(C)CNC(=O)c1ccc(O)c(C)c1. The molecule has 88 valence electrons. The lowest BCUT2D eigenvalue weighted by Crippen LogP contribution is -2.37. The molecule has 0 aliphatic carbocycles. The fourth-order valence-corrected chi connectivity index (χ4v) is 1.25. The van der Waals surface area contributed by atoms with Gasteiger partial charge in [0, 0.05) is 18.2 Å². The van der Waals surface area contributed by atoms with Crippen LogP contribution in [0.15, 0.2) is 18.2 Å². The van der Waals surface area contributed by atoms with Gasteiger partial charge in [-0.3, -0.25) is 4.79 Å². The standard InChI is InChI=1S/C12H18N2O2/c1-8-6-10(4-5-11(8)15)12(16)14-7-9(2)13-3/h4-6,9,13,15H,7H2,1-3H3,(H,14,16). The molecule has 4 heteroatoms. The molecule has 1 aromatic carbocycles. The van der Waals surface area contributed by atoms with Crippen LogP contribution in [0, 0.1) is 6.92 Å². The van der Waals surface area contributed by atoms with E-state index in [1.54, 1.807) is 19.1 Å². The van der Waals surface area contributed by atoms with Gasteiger partial charge >= 0.3 is 0 Å². The Morgan fingerprint density at radius 3 is 2.75 bits per heavy atom. The number of hydrogen-bond acceptors (Lipinski definition) is 3. The highest BCUT2D eigenvalue weighted by Crippen LogP contribution is 2.16. The second kappa shape index (κ2) is 5.51. The van der Waals surface area contributed by atoms with E-state index < -0.39 is 0 Å². The summed E-state index contributed by atoms with van der Waals surface area (Å²) in [7, 11) is 1.85. The van der Waals surface area contributed by atoms with Crippen LogP contribution >= 0.6 is 0 Å². The van der Waals surface area contributed by atoms with E-state index >= 15 is 0 Å². The van der Waals surface area contributed by atoms with E-state index in [0.29, 0.717) is 17.7 Å². The molecule has 0 aromatic heterocycles. The molecule has 1 rings (SSSR count). The molecule has 1 unspecified atom stereocenters. The van der Waals surface area contributed by atoms with E-state index in [4.69, 9.17) is 0 Å². The van der Waals surface area contributed by atoms with Crippen molar-refractivity contribution in [2.24, 2.45) is 0 Å². The molecular formula is C12H18N2O2. The summed E-state index contributed by atoms with van der Waals surface area (Å²) in [6.07, 6.45) is 0. The summed E-state index contributed by atoms with van der Waals surface area (Å²) in [5.74, 6) is 0.0883. The summed E-state index contributed by atoms with van der Waals surface area (Å²) < 4.78 is 0. The van der Waals surface area contributed by atoms with E-state index in [2.05, 4.69) is 10.6 Å². The Labute approximate surface area is 95.7 Å². The Bertz CT molecular complexity index is 377. The molecule has 1 atom stereocenters. The van der Waals surface area contributed by atoms with Crippen LogP contribution in [0.5, 0.6) is 5.75 Å². The highest BCUT2D eigenvalue weighted by Gasteiger charge is 2.08. The number of carbonyl (C=O) groups excluding carboxylic acids is 1. The first-order valence-electron chi connectivity index (χ1n) is 5.29. The second-order valence-corrected chi connectivity index (χ2v) is 3.90. The van der Waals surface area contributed by atoms with Gasteiger partial charge in [0.05, 0.1) is 0 Å². The molecule has 0 spiro atoms. The number of hydrogen-bond donors (Lipinski definition) is 3. The fourth-order valence-electron chi connectivity index (χ4n) is 1.25. The van der Waals surface area contributed by atoms with Crippen molar-refractivity contribution >= 4 is 5.91 Å². The first-order valence-corrected chi connectivity index (χ1v) is 5.29. The molecule has 0 aliphatic rings. The zero-order valence-electron chi connectivity index (χ0n) is 9.87. The average molecular weight is 222 g/mol. The molecule has 1 aromatic rings. The summed E-state index contributed by atoms with van der Waals surface area (Å²) in [5, 5.41) is 15.2. The molecule has 0 saturated heterocycles. The summed E-state index contributed by atoms with van der Waals surface area (Å²) in [6.45, 7) is 4.33. The average Bonchev–Trinajstić information content (AvgIpc) is 2.29. The van der Waals surface area contributed by atoms with Crippen molar-refractivity contribution in [2.75, 3.05) is 13.6 Å². The van der Waals surface area contributed by atoms with Gasteiger partial charge in [-0.25, -0.2) is 0 Å². The van der Waals surface area contributed by atoms with Crippen molar-refractivity contribution in [3.05, 3.63) is 29.3 Å². The van der Waals surface area contributed by atoms with Crippen LogP contribution in [-0.2, 0) is 0 Å². The molecule has 1 amide bonds. The topological polar surface area (TPSA) is 61.4 Å². The van der Waals surface area contributed by atoms with Gasteiger partial charge in [0.2, 0.25) is 0 Å². The van der Waals surface area contributed by atoms with Gasteiger partial charge in [0.15, 0.2) is 0 Å². The molecule has 0 saturated carbocycles. The number of benzene rings is 1. The quantitative estimate of drug-likeness (QED) is 0.713. The van der Waals surface area contributed by atoms with E-state index in [0.717, 1.165) is 0 Å². The summed E-state index contributed by atoms with van der Waals surface area (Å²) >= 11 is 0. The monoisotopic (exact) mass is 222 g/mol. The Hall–Kier alpha value is -1.55. The van der Waals surface area contributed by atoms with Crippen LogP contribution in [0.2, 0.25) is 0 Å². The van der Waals surface area contributed by atoms with Gasteiger partial charge in [0.1, 0.15) is 5.75 Å². The smallest absolute Gasteiger partial charge is 0.251 e. The molecule has 0 radical (unpaired) electrons. The van der Waals surface area contributed by atoms with Crippen molar-refractivity contribution in [2.45, 2.75) is 19.9 Å². The van der Waals surface area contributed by atoms with Crippen LogP contribution in [0.4, 0.5) is 0 Å². The number of phenols is 1. The minimum atomic E-state index is -0.120. The molecule has 0 fully saturated rings. The van der Waals surface area contributed by atoms with Crippen LogP contribution in [0.25, 0.3) is 0 Å². The predicted octanol–water partition coefficient (Wildman–Crippen LogP) is 1.04. The molecule has 0 heterocycles.